The van der Waals surface area contributed by atoms with Crippen LogP contribution >= 0.6 is 0 Å². The zero-order chi connectivity index (χ0) is 14.7. The highest BCUT2D eigenvalue weighted by Gasteiger charge is 2.22. The number of hydrogen-bond acceptors (Lipinski definition) is 5. The van der Waals surface area contributed by atoms with Crippen molar-refractivity contribution in [3.8, 4) is 6.07 Å². The van der Waals surface area contributed by atoms with Gasteiger partial charge in [-0.15, -0.1) is 0 Å². The third kappa shape index (κ3) is 2.91. The average molecular weight is 277 g/mol. The molecule has 1 N–H and O–H groups in total. The van der Waals surface area contributed by atoms with Crippen molar-refractivity contribution in [3.05, 3.63) is 11.3 Å². The van der Waals surface area contributed by atoms with Gasteiger partial charge in [-0.2, -0.15) is 10.4 Å². The lowest BCUT2D eigenvalue weighted by molar-refractivity contribution is -0.138. The molecule has 0 aromatic carbocycles. The van der Waals surface area contributed by atoms with E-state index >= 15 is 0 Å². The van der Waals surface area contributed by atoms with E-state index in [9.17, 15) is 10.1 Å². The largest absolute Gasteiger partial charge is 0.480 e. The lowest BCUT2D eigenvalue weighted by atomic mass is 10.2. The van der Waals surface area contributed by atoms with E-state index < -0.39 is 5.97 Å². The van der Waals surface area contributed by atoms with Crippen LogP contribution in [0.5, 0.6) is 0 Å². The van der Waals surface area contributed by atoms with Gasteiger partial charge in [-0.3, -0.25) is 14.4 Å². The molecule has 7 heteroatoms. The number of aryl methyl sites for hydroxylation is 2. The summed E-state index contributed by atoms with van der Waals surface area (Å²) in [5.74, 6) is 0.0368. The number of rotatable bonds is 3. The Hall–Kier alpha value is -2.07. The first-order valence-corrected chi connectivity index (χ1v) is 6.65. The normalized spacial score (nSPS) is 16.8. The van der Waals surface area contributed by atoms with E-state index in [0.717, 1.165) is 31.0 Å². The Balaban J connectivity index is 2.15. The van der Waals surface area contributed by atoms with Gasteiger partial charge in [0, 0.05) is 33.2 Å². The quantitative estimate of drug-likeness (QED) is 0.849. The Morgan fingerprint density at radius 1 is 1.40 bits per heavy atom. The zero-order valence-electron chi connectivity index (χ0n) is 11.8. The molecule has 2 rings (SSSR count). The van der Waals surface area contributed by atoms with Gasteiger partial charge >= 0.3 is 5.97 Å². The SMILES string of the molecule is Cc1nn(C)c(N2CCCN(CC(=O)O)CC2)c1C#N. The minimum absolute atomic E-state index is 0.0728. The maximum atomic E-state index is 10.8. The summed E-state index contributed by atoms with van der Waals surface area (Å²) < 4.78 is 1.74. The lowest BCUT2D eigenvalue weighted by Crippen LogP contribution is -2.34. The van der Waals surface area contributed by atoms with Gasteiger partial charge in [0.05, 0.1) is 12.2 Å². The molecular formula is C13H19N5O2. The van der Waals surface area contributed by atoms with Gasteiger partial charge in [0.2, 0.25) is 0 Å². The summed E-state index contributed by atoms with van der Waals surface area (Å²) in [4.78, 5) is 14.8. The molecule has 1 aromatic rings. The topological polar surface area (TPSA) is 85.4 Å². The maximum absolute atomic E-state index is 10.8. The van der Waals surface area contributed by atoms with E-state index in [4.69, 9.17) is 5.11 Å². The van der Waals surface area contributed by atoms with Crippen molar-refractivity contribution in [3.63, 3.8) is 0 Å². The highest BCUT2D eigenvalue weighted by molar-refractivity contribution is 5.69. The summed E-state index contributed by atoms with van der Waals surface area (Å²) in [6.07, 6.45) is 0.877. The standard InChI is InChI=1S/C13H19N5O2/c1-10-11(8-14)13(16(2)15-10)18-5-3-4-17(6-7-18)9-12(19)20/h3-7,9H2,1-2H3,(H,19,20). The van der Waals surface area contributed by atoms with Gasteiger partial charge in [-0.1, -0.05) is 0 Å². The second-order valence-electron chi connectivity index (χ2n) is 5.03. The predicted molar refractivity (Wildman–Crippen MR) is 73.6 cm³/mol. The Morgan fingerprint density at radius 2 is 2.15 bits per heavy atom. The summed E-state index contributed by atoms with van der Waals surface area (Å²) in [5, 5.41) is 22.4. The van der Waals surface area contributed by atoms with Crippen molar-refractivity contribution in [2.75, 3.05) is 37.6 Å². The van der Waals surface area contributed by atoms with Crippen molar-refractivity contribution in [2.24, 2.45) is 7.05 Å². The number of nitrogens with zero attached hydrogens (tertiary/aromatic N) is 5. The molecule has 108 valence electrons. The first-order valence-electron chi connectivity index (χ1n) is 6.65. The molecule has 0 bridgehead atoms. The average Bonchev–Trinajstić information content (AvgIpc) is 2.54. The number of hydrogen-bond donors (Lipinski definition) is 1. The smallest absolute Gasteiger partial charge is 0.317 e. The lowest BCUT2D eigenvalue weighted by Gasteiger charge is -2.23. The Labute approximate surface area is 118 Å². The maximum Gasteiger partial charge on any atom is 0.317 e. The molecule has 0 spiro atoms. The highest BCUT2D eigenvalue weighted by Crippen LogP contribution is 2.23. The number of carboxylic acids is 1. The van der Waals surface area contributed by atoms with Crippen LogP contribution in [0, 0.1) is 18.3 Å². The van der Waals surface area contributed by atoms with Gasteiger partial charge in [0.25, 0.3) is 0 Å². The first kappa shape index (κ1) is 14.3. The monoisotopic (exact) mass is 277 g/mol. The number of carboxylic acid groups (broad SMARTS) is 1. The van der Waals surface area contributed by atoms with Crippen LogP contribution in [-0.4, -0.2) is 58.5 Å². The number of nitriles is 1. The number of carbonyl (C=O) groups is 1. The molecule has 0 amide bonds. The molecular weight excluding hydrogens is 258 g/mol. The zero-order valence-corrected chi connectivity index (χ0v) is 11.8. The Morgan fingerprint density at radius 3 is 2.80 bits per heavy atom. The van der Waals surface area contributed by atoms with E-state index in [1.807, 2.05) is 18.9 Å². The van der Waals surface area contributed by atoms with Crippen molar-refractivity contribution in [2.45, 2.75) is 13.3 Å². The fourth-order valence-electron chi connectivity index (χ4n) is 2.67. The van der Waals surface area contributed by atoms with E-state index in [1.54, 1.807) is 4.68 Å². The van der Waals surface area contributed by atoms with Gasteiger partial charge < -0.3 is 10.0 Å². The molecule has 0 saturated carbocycles. The highest BCUT2D eigenvalue weighted by atomic mass is 16.4. The van der Waals surface area contributed by atoms with Crippen LogP contribution in [0.15, 0.2) is 0 Å². The fourth-order valence-corrected chi connectivity index (χ4v) is 2.67. The van der Waals surface area contributed by atoms with Gasteiger partial charge in [0.1, 0.15) is 17.5 Å². The van der Waals surface area contributed by atoms with Crippen molar-refractivity contribution < 1.29 is 9.90 Å². The van der Waals surface area contributed by atoms with Crippen molar-refractivity contribution in [1.29, 1.82) is 5.26 Å². The molecule has 1 fully saturated rings. The minimum atomic E-state index is -0.799. The second-order valence-corrected chi connectivity index (χ2v) is 5.03. The van der Waals surface area contributed by atoms with E-state index in [2.05, 4.69) is 16.1 Å². The molecule has 2 heterocycles. The molecule has 1 aliphatic heterocycles. The second kappa shape index (κ2) is 5.92. The Bertz CT molecular complexity index is 546. The van der Waals surface area contributed by atoms with Gasteiger partial charge in [-0.05, 0) is 13.3 Å². The van der Waals surface area contributed by atoms with Gasteiger partial charge in [0.15, 0.2) is 0 Å². The molecule has 0 aliphatic carbocycles. The van der Waals surface area contributed by atoms with E-state index in [0.29, 0.717) is 18.7 Å². The predicted octanol–water partition coefficient (Wildman–Crippen LogP) is 0.197. The molecule has 1 saturated heterocycles. The summed E-state index contributed by atoms with van der Waals surface area (Å²) >= 11 is 0. The Kier molecular flexibility index (Phi) is 4.25. The summed E-state index contributed by atoms with van der Waals surface area (Å²) in [5.41, 5.74) is 1.34. The van der Waals surface area contributed by atoms with E-state index in [-0.39, 0.29) is 6.54 Å². The number of aromatic nitrogens is 2. The van der Waals surface area contributed by atoms with Crippen LogP contribution in [-0.2, 0) is 11.8 Å². The van der Waals surface area contributed by atoms with E-state index in [1.165, 1.54) is 0 Å². The molecule has 1 aliphatic rings. The number of anilines is 1. The third-order valence-electron chi connectivity index (χ3n) is 3.55. The summed E-state index contributed by atoms with van der Waals surface area (Å²) in [6.45, 7) is 4.87. The van der Waals surface area contributed by atoms with Crippen LogP contribution in [0.4, 0.5) is 5.82 Å². The molecule has 0 unspecified atom stereocenters. The summed E-state index contributed by atoms with van der Waals surface area (Å²) in [7, 11) is 1.84. The summed E-state index contributed by atoms with van der Waals surface area (Å²) in [6, 6.07) is 2.21. The van der Waals surface area contributed by atoms with Crippen molar-refractivity contribution >= 4 is 11.8 Å². The molecule has 0 atom stereocenters. The molecule has 20 heavy (non-hydrogen) atoms. The molecule has 0 radical (unpaired) electrons. The third-order valence-corrected chi connectivity index (χ3v) is 3.55. The van der Waals surface area contributed by atoms with Crippen LogP contribution in [0.2, 0.25) is 0 Å². The molecule has 1 aromatic heterocycles. The minimum Gasteiger partial charge on any atom is -0.480 e. The molecule has 7 nitrogen and oxygen atoms in total. The van der Waals surface area contributed by atoms with Crippen LogP contribution < -0.4 is 4.90 Å². The fraction of sp³-hybridized carbons (Fsp3) is 0.615. The van der Waals surface area contributed by atoms with Crippen molar-refractivity contribution in [1.82, 2.24) is 14.7 Å². The van der Waals surface area contributed by atoms with Crippen LogP contribution in [0.3, 0.4) is 0 Å². The van der Waals surface area contributed by atoms with Gasteiger partial charge in [-0.25, -0.2) is 0 Å². The van der Waals surface area contributed by atoms with Crippen LogP contribution in [0.25, 0.3) is 0 Å². The number of aliphatic carboxylic acids is 1. The first-order chi connectivity index (χ1) is 9.52. The van der Waals surface area contributed by atoms with Crippen LogP contribution in [0.1, 0.15) is 17.7 Å².